The van der Waals surface area contributed by atoms with Crippen molar-refractivity contribution >= 4 is 33.0 Å². The van der Waals surface area contributed by atoms with Crippen molar-refractivity contribution in [1.29, 1.82) is 0 Å². The summed E-state index contributed by atoms with van der Waals surface area (Å²) >= 11 is 0. The van der Waals surface area contributed by atoms with Gasteiger partial charge in [0.2, 0.25) is 10.0 Å². The smallest absolute Gasteiger partial charge is 0.260 e. The molecule has 0 amide bonds. The van der Waals surface area contributed by atoms with Crippen molar-refractivity contribution in [3.8, 4) is 22.6 Å². The zero-order valence-electron chi connectivity index (χ0n) is 25.0. The van der Waals surface area contributed by atoms with Crippen LogP contribution < -0.4 is 30.0 Å². The standard InChI is InChI=1S/C33H36N6O5S/c1-43-32-22-30-31(21-29(32)25-10-7-11-27(20-25)44-23-24-8-3-2-4-9-24)39(40)37-33(36-30)35-26-12-14-28(15-13-26)45(41,42)34-16-19-38-17-5-6-18-38/h2-4,7-15,20-22,34,39H,5-6,16-19,23H2,1H3,(H2,35,36,37). The second-order valence-electron chi connectivity index (χ2n) is 10.9. The number of likely N-dealkylation sites (tertiary alicyclic amines) is 1. The number of fused-ring (bicyclic) bond motifs is 1. The summed E-state index contributed by atoms with van der Waals surface area (Å²) in [6, 6.07) is 27.4. The van der Waals surface area contributed by atoms with Crippen LogP contribution in [0, 0.1) is 5.21 Å². The first-order valence-corrected chi connectivity index (χ1v) is 16.3. The maximum atomic E-state index is 13.2. The van der Waals surface area contributed by atoms with Gasteiger partial charge in [0.05, 0.1) is 12.0 Å². The van der Waals surface area contributed by atoms with Crippen LogP contribution in [-0.2, 0) is 16.6 Å². The number of sulfonamides is 1. The molecule has 0 spiro atoms. The van der Waals surface area contributed by atoms with Crippen LogP contribution in [0.2, 0.25) is 0 Å². The Kier molecular flexibility index (Phi) is 9.29. The fourth-order valence-corrected chi connectivity index (χ4v) is 6.43. The fourth-order valence-electron chi connectivity index (χ4n) is 5.41. The summed E-state index contributed by atoms with van der Waals surface area (Å²) in [4.78, 5) is 2.42. The normalized spacial score (nSPS) is 16.4. The number of methoxy groups -OCH3 is 1. The Hall–Kier alpha value is -4.46. The third kappa shape index (κ3) is 7.44. The topological polar surface area (TPSA) is 132 Å². The summed E-state index contributed by atoms with van der Waals surface area (Å²) in [5, 5.41) is 23.1. The Morgan fingerprint density at radius 1 is 0.978 bits per heavy atom. The van der Waals surface area contributed by atoms with Gasteiger partial charge in [0.1, 0.15) is 23.8 Å². The molecule has 11 nitrogen and oxygen atoms in total. The van der Waals surface area contributed by atoms with Gasteiger partial charge in [-0.3, -0.25) is 0 Å². The number of hydrogen-bond acceptors (Lipinski definition) is 9. The van der Waals surface area contributed by atoms with Crippen molar-refractivity contribution in [3.63, 3.8) is 0 Å². The Labute approximate surface area is 263 Å². The molecule has 234 valence electrons. The molecule has 0 saturated carbocycles. The fraction of sp³-hybridized carbons (Fsp3) is 0.242. The van der Waals surface area contributed by atoms with Crippen molar-refractivity contribution in [2.24, 2.45) is 5.10 Å². The van der Waals surface area contributed by atoms with Gasteiger partial charge in [-0.1, -0.05) is 42.5 Å². The van der Waals surface area contributed by atoms with Gasteiger partial charge >= 0.3 is 0 Å². The molecule has 2 aliphatic heterocycles. The molecule has 1 atom stereocenters. The third-order valence-corrected chi connectivity index (χ3v) is 9.25. The van der Waals surface area contributed by atoms with Crippen molar-refractivity contribution in [2.45, 2.75) is 24.3 Å². The molecule has 12 heteroatoms. The quantitative estimate of drug-likeness (QED) is 0.182. The van der Waals surface area contributed by atoms with Crippen molar-refractivity contribution in [1.82, 2.24) is 9.62 Å². The summed E-state index contributed by atoms with van der Waals surface area (Å²) in [5.41, 5.74) is 4.14. The first-order valence-electron chi connectivity index (χ1n) is 14.9. The number of anilines is 2. The molecular weight excluding hydrogens is 592 g/mol. The summed E-state index contributed by atoms with van der Waals surface area (Å²) in [6.07, 6.45) is 2.32. The number of hydrogen-bond donors (Lipinski definition) is 4. The van der Waals surface area contributed by atoms with E-state index in [1.807, 2.05) is 54.6 Å². The van der Waals surface area contributed by atoms with Crippen LogP contribution >= 0.6 is 0 Å². The molecule has 4 N–H and O–H groups in total. The van der Waals surface area contributed by atoms with Crippen LogP contribution in [0.4, 0.5) is 17.1 Å². The highest BCUT2D eigenvalue weighted by molar-refractivity contribution is 7.89. The second kappa shape index (κ2) is 13.7. The minimum atomic E-state index is -3.63. The highest BCUT2D eigenvalue weighted by atomic mass is 32.2. The monoisotopic (exact) mass is 628 g/mol. The third-order valence-electron chi connectivity index (χ3n) is 7.78. The van der Waals surface area contributed by atoms with Gasteiger partial charge in [-0.15, -0.1) is 0 Å². The van der Waals surface area contributed by atoms with Gasteiger partial charge in [-0.2, -0.15) is 0 Å². The Balaban J connectivity index is 1.12. The van der Waals surface area contributed by atoms with Crippen LogP contribution in [0.3, 0.4) is 0 Å². The molecule has 1 unspecified atom stereocenters. The Bertz CT molecular complexity index is 1760. The number of nitrogens with one attached hydrogen (secondary N) is 4. The summed E-state index contributed by atoms with van der Waals surface area (Å²) < 4.78 is 39.9. The zero-order valence-corrected chi connectivity index (χ0v) is 25.8. The van der Waals surface area contributed by atoms with Gasteiger partial charge in [0.15, 0.2) is 5.69 Å². The molecule has 6 rings (SSSR count). The number of quaternary nitrogens is 1. The molecular formula is C33H36N6O5S. The van der Waals surface area contributed by atoms with E-state index in [9.17, 15) is 13.6 Å². The lowest BCUT2D eigenvalue weighted by Crippen LogP contribution is -2.98. The molecule has 4 aromatic rings. The van der Waals surface area contributed by atoms with E-state index in [-0.39, 0.29) is 10.9 Å². The van der Waals surface area contributed by atoms with Gasteiger partial charge in [0, 0.05) is 36.5 Å². The number of ether oxygens (including phenoxy) is 2. The maximum Gasteiger partial charge on any atom is 0.260 e. The number of rotatable bonds is 11. The molecule has 0 radical (unpaired) electrons. The highest BCUT2D eigenvalue weighted by Gasteiger charge is 2.24. The van der Waals surface area contributed by atoms with Crippen molar-refractivity contribution in [2.75, 3.05) is 43.9 Å². The van der Waals surface area contributed by atoms with Crippen LogP contribution in [0.15, 0.2) is 101 Å². The van der Waals surface area contributed by atoms with E-state index in [1.54, 1.807) is 31.4 Å². The maximum absolute atomic E-state index is 13.2. The van der Waals surface area contributed by atoms with E-state index in [0.29, 0.717) is 48.3 Å². The van der Waals surface area contributed by atoms with Crippen LogP contribution in [-0.4, -0.2) is 52.6 Å². The number of benzene rings is 4. The minimum absolute atomic E-state index is 0.168. The van der Waals surface area contributed by atoms with E-state index >= 15 is 0 Å². The summed E-state index contributed by atoms with van der Waals surface area (Å²) in [5.74, 6) is 1.49. The van der Waals surface area contributed by atoms with E-state index in [2.05, 4.69) is 25.4 Å². The average molecular weight is 629 g/mol. The lowest BCUT2D eigenvalue weighted by atomic mass is 10.0. The molecule has 0 aromatic heterocycles. The molecule has 1 fully saturated rings. The van der Waals surface area contributed by atoms with E-state index in [1.165, 1.54) is 12.1 Å². The van der Waals surface area contributed by atoms with Gasteiger partial charge in [-0.05, 0) is 78.6 Å². The van der Waals surface area contributed by atoms with Crippen LogP contribution in [0.25, 0.3) is 11.1 Å². The molecule has 2 heterocycles. The number of nitrogens with zero attached hydrogens (tertiary/aromatic N) is 2. The second-order valence-corrected chi connectivity index (χ2v) is 12.7. The molecule has 45 heavy (non-hydrogen) atoms. The van der Waals surface area contributed by atoms with Crippen LogP contribution in [0.1, 0.15) is 18.4 Å². The molecule has 0 bridgehead atoms. The summed E-state index contributed by atoms with van der Waals surface area (Å²) in [6.45, 7) is 3.53. The van der Waals surface area contributed by atoms with Crippen LogP contribution in [0.5, 0.6) is 11.5 Å². The van der Waals surface area contributed by atoms with E-state index < -0.39 is 15.2 Å². The molecule has 0 aliphatic carbocycles. The highest BCUT2D eigenvalue weighted by Crippen LogP contribution is 2.38. The van der Waals surface area contributed by atoms with Crippen molar-refractivity contribution < 1.29 is 23.1 Å². The van der Waals surface area contributed by atoms with E-state index in [4.69, 9.17) is 9.47 Å². The largest absolute Gasteiger partial charge is 0.601 e. The first-order chi connectivity index (χ1) is 21.9. The summed E-state index contributed by atoms with van der Waals surface area (Å²) in [7, 11) is -2.05. The first kappa shape index (κ1) is 30.6. The van der Waals surface area contributed by atoms with Crippen molar-refractivity contribution in [3.05, 3.63) is 102 Å². The van der Waals surface area contributed by atoms with Gasteiger partial charge < -0.3 is 30.2 Å². The Morgan fingerprint density at radius 2 is 1.76 bits per heavy atom. The van der Waals surface area contributed by atoms with Gasteiger partial charge in [-0.25, -0.2) is 18.3 Å². The Morgan fingerprint density at radius 3 is 2.51 bits per heavy atom. The lowest BCUT2D eigenvalue weighted by molar-refractivity contribution is -0.783. The van der Waals surface area contributed by atoms with E-state index in [0.717, 1.165) is 42.6 Å². The zero-order chi connectivity index (χ0) is 31.2. The molecule has 2 aliphatic rings. The minimum Gasteiger partial charge on any atom is -0.601 e. The predicted molar refractivity (Wildman–Crippen MR) is 175 cm³/mol. The molecule has 4 aromatic carbocycles. The average Bonchev–Trinajstić information content (AvgIpc) is 3.58. The van der Waals surface area contributed by atoms with Gasteiger partial charge in [0.25, 0.3) is 5.96 Å². The predicted octanol–water partition coefficient (Wildman–Crippen LogP) is 4.14. The number of guanidine groups is 1. The molecule has 1 saturated heterocycles. The lowest BCUT2D eigenvalue weighted by Gasteiger charge is -2.26. The SMILES string of the molecule is COc1cc2c(cc1-c1cccc(OCc3ccccc3)c1)[NH+]([O-])N=C(Nc1ccc(S(=O)(=O)NCCN3CCCC3)cc1)N2.